The molecule has 0 saturated carbocycles. The number of aliphatic hydroxyl groups excluding tert-OH is 2. The van der Waals surface area contributed by atoms with Gasteiger partial charge in [-0.25, -0.2) is 23.9 Å². The summed E-state index contributed by atoms with van der Waals surface area (Å²) in [6.07, 6.45) is -7.49. The summed E-state index contributed by atoms with van der Waals surface area (Å²) in [5.74, 6) is 0.0417. The second kappa shape index (κ2) is 13.0. The minimum atomic E-state index is -5.00. The Labute approximate surface area is 242 Å². The fourth-order valence-electron chi connectivity index (χ4n) is 4.42. The Morgan fingerprint density at radius 1 is 1.14 bits per heavy atom. The standard InChI is InChI=1S/C20H30N8O13P2/c1-23-14-17(22)24-8-25-18(14)27(2)19-16(30)15(29)11(40-19)7-38-43(35,36)41-9-5-13(28-4-3-12(21)26-20(28)31)39-10(9)6-37-42(32,33)34/h3-4,8-11,13,15-16,19,29-30H,1,5-7H2,2H3,(H,35,36)(H2,21,26,31)(H2,22,24,25)(H2,32,33,34)/t9-,10+,11+,13+,15+,16+,19+/m0/s1. The number of anilines is 3. The maximum Gasteiger partial charge on any atom is 0.472 e. The van der Waals surface area contributed by atoms with Crippen LogP contribution < -0.4 is 22.1 Å². The molecule has 0 amide bonds. The van der Waals surface area contributed by atoms with E-state index in [1.165, 1.54) is 24.2 Å². The maximum atomic E-state index is 12.9. The zero-order valence-electron chi connectivity index (χ0n) is 22.3. The minimum absolute atomic E-state index is 0.00158. The van der Waals surface area contributed by atoms with Gasteiger partial charge in [0.05, 0.1) is 13.2 Å². The number of aliphatic imine (C=N–C) groups is 1. The summed E-state index contributed by atoms with van der Waals surface area (Å²) in [6, 6.07) is 1.29. The third-order valence-electron chi connectivity index (χ3n) is 6.46. The molecule has 4 rings (SSSR count). The summed E-state index contributed by atoms with van der Waals surface area (Å²) in [5.41, 5.74) is 10.5. The van der Waals surface area contributed by atoms with Gasteiger partial charge in [0.25, 0.3) is 0 Å². The molecule has 2 aromatic rings. The van der Waals surface area contributed by atoms with E-state index in [-0.39, 0.29) is 29.6 Å². The Morgan fingerprint density at radius 2 is 1.84 bits per heavy atom. The van der Waals surface area contributed by atoms with E-state index in [1.807, 2.05) is 0 Å². The fraction of sp³-hybridized carbons (Fsp3) is 0.550. The lowest BCUT2D eigenvalue weighted by Gasteiger charge is -2.28. The molecular weight excluding hydrogens is 622 g/mol. The molecular formula is C20H30N8O13P2. The number of ether oxygens (including phenoxy) is 2. The summed E-state index contributed by atoms with van der Waals surface area (Å²) < 4.78 is 51.1. The van der Waals surface area contributed by atoms with Crippen LogP contribution in [0.2, 0.25) is 0 Å². The van der Waals surface area contributed by atoms with Gasteiger partial charge in [0.15, 0.2) is 17.9 Å². The second-order valence-corrected chi connectivity index (χ2v) is 12.0. The SMILES string of the molecule is C=Nc1c(N)ncnc1N(C)[C@@H]1O[C@H](COP(=O)(O)O[C@H]2C[C@H](n3ccc(N)nc3=O)O[C@@H]2COP(=O)(O)O)[C@@H](O)[C@H]1O. The van der Waals surface area contributed by atoms with Crippen LogP contribution in [0.4, 0.5) is 23.1 Å². The molecule has 0 aliphatic carbocycles. The molecule has 0 spiro atoms. The summed E-state index contributed by atoms with van der Waals surface area (Å²) in [5, 5.41) is 21.1. The third kappa shape index (κ3) is 7.79. The lowest BCUT2D eigenvalue weighted by molar-refractivity contribution is -0.0502. The van der Waals surface area contributed by atoms with Gasteiger partial charge in [-0.1, -0.05) is 0 Å². The first-order valence-electron chi connectivity index (χ1n) is 12.3. The van der Waals surface area contributed by atoms with Crippen LogP contribution >= 0.6 is 15.6 Å². The number of phosphoric ester groups is 2. The average Bonchev–Trinajstić information content (AvgIpc) is 3.44. The van der Waals surface area contributed by atoms with Crippen LogP contribution in [0.5, 0.6) is 0 Å². The molecule has 238 valence electrons. The Morgan fingerprint density at radius 3 is 2.49 bits per heavy atom. The Hall–Kier alpha value is -2.91. The molecule has 2 aliphatic heterocycles. The number of rotatable bonds is 12. The van der Waals surface area contributed by atoms with E-state index in [1.54, 1.807) is 0 Å². The van der Waals surface area contributed by atoms with Crippen LogP contribution in [-0.4, -0.2) is 108 Å². The largest absolute Gasteiger partial charge is 0.472 e. The highest BCUT2D eigenvalue weighted by Gasteiger charge is 2.48. The molecule has 0 bridgehead atoms. The van der Waals surface area contributed by atoms with E-state index < -0.39 is 77.5 Å². The fourth-order valence-corrected chi connectivity index (χ4v) is 5.72. The third-order valence-corrected chi connectivity index (χ3v) is 7.96. The van der Waals surface area contributed by atoms with Gasteiger partial charge in [-0.05, 0) is 12.8 Å². The van der Waals surface area contributed by atoms with E-state index in [9.17, 15) is 29.0 Å². The number of nitrogens with two attached hydrogens (primary N) is 2. The monoisotopic (exact) mass is 652 g/mol. The van der Waals surface area contributed by atoms with E-state index in [0.717, 1.165) is 10.9 Å². The van der Waals surface area contributed by atoms with Gasteiger partial charge < -0.3 is 50.7 Å². The first-order valence-corrected chi connectivity index (χ1v) is 15.3. The molecule has 21 nitrogen and oxygen atoms in total. The van der Waals surface area contributed by atoms with Crippen LogP contribution in [0.25, 0.3) is 0 Å². The Balaban J connectivity index is 1.43. The van der Waals surface area contributed by atoms with Crippen LogP contribution in [0.1, 0.15) is 12.6 Å². The molecule has 2 aromatic heterocycles. The summed E-state index contributed by atoms with van der Waals surface area (Å²) in [7, 11) is -8.52. The average molecular weight is 652 g/mol. The number of aromatic nitrogens is 4. The molecule has 8 atom stereocenters. The quantitative estimate of drug-likeness (QED) is 0.0964. The number of nitrogens with zero attached hydrogens (tertiary/aromatic N) is 6. The lowest BCUT2D eigenvalue weighted by atomic mass is 10.1. The van der Waals surface area contributed by atoms with Crippen molar-refractivity contribution in [3.8, 4) is 0 Å². The predicted molar refractivity (Wildman–Crippen MR) is 145 cm³/mol. The van der Waals surface area contributed by atoms with Gasteiger partial charge in [-0.2, -0.15) is 4.98 Å². The van der Waals surface area contributed by atoms with Crippen molar-refractivity contribution in [3.63, 3.8) is 0 Å². The van der Waals surface area contributed by atoms with Crippen molar-refractivity contribution in [3.05, 3.63) is 29.1 Å². The smallest absolute Gasteiger partial charge is 0.387 e. The maximum absolute atomic E-state index is 12.9. The van der Waals surface area contributed by atoms with Gasteiger partial charge in [0.1, 0.15) is 54.6 Å². The van der Waals surface area contributed by atoms with E-state index >= 15 is 0 Å². The van der Waals surface area contributed by atoms with E-state index in [4.69, 9.17) is 39.8 Å². The van der Waals surface area contributed by atoms with E-state index in [0.29, 0.717) is 0 Å². The summed E-state index contributed by atoms with van der Waals surface area (Å²) in [6.45, 7) is 1.86. The highest BCUT2D eigenvalue weighted by molar-refractivity contribution is 7.47. The van der Waals surface area contributed by atoms with Crippen molar-refractivity contribution in [1.82, 2.24) is 19.5 Å². The van der Waals surface area contributed by atoms with Crippen molar-refractivity contribution in [2.45, 2.75) is 49.4 Å². The topological polar surface area (TPSA) is 310 Å². The van der Waals surface area contributed by atoms with Gasteiger partial charge in [-0.3, -0.25) is 23.1 Å². The first-order chi connectivity index (χ1) is 20.1. The van der Waals surface area contributed by atoms with Crippen molar-refractivity contribution < 1.29 is 57.1 Å². The highest BCUT2D eigenvalue weighted by atomic mass is 31.2. The molecule has 23 heteroatoms. The molecule has 9 N–H and O–H groups in total. The number of phosphoric acid groups is 2. The van der Waals surface area contributed by atoms with Gasteiger partial charge in [0, 0.05) is 19.7 Å². The molecule has 2 aliphatic rings. The Bertz CT molecular complexity index is 1480. The minimum Gasteiger partial charge on any atom is -0.387 e. The van der Waals surface area contributed by atoms with Crippen molar-refractivity contribution >= 4 is 45.5 Å². The van der Waals surface area contributed by atoms with Gasteiger partial charge >= 0.3 is 21.3 Å². The summed E-state index contributed by atoms with van der Waals surface area (Å²) in [4.78, 5) is 57.3. The molecule has 2 fully saturated rings. The molecule has 0 aromatic carbocycles. The molecule has 2 saturated heterocycles. The summed E-state index contributed by atoms with van der Waals surface area (Å²) >= 11 is 0. The molecule has 43 heavy (non-hydrogen) atoms. The second-order valence-electron chi connectivity index (χ2n) is 9.35. The van der Waals surface area contributed by atoms with E-state index in [2.05, 4.69) is 31.2 Å². The van der Waals surface area contributed by atoms with Gasteiger partial charge in [0.2, 0.25) is 0 Å². The van der Waals surface area contributed by atoms with Crippen LogP contribution in [0.3, 0.4) is 0 Å². The number of hydrogen-bond donors (Lipinski definition) is 7. The van der Waals surface area contributed by atoms with Crippen molar-refractivity contribution in [1.29, 1.82) is 0 Å². The van der Waals surface area contributed by atoms with Crippen LogP contribution in [0, 0.1) is 0 Å². The molecule has 1 unspecified atom stereocenters. The van der Waals surface area contributed by atoms with Crippen molar-refractivity contribution in [2.24, 2.45) is 4.99 Å². The van der Waals surface area contributed by atoms with Crippen molar-refractivity contribution in [2.75, 3.05) is 36.6 Å². The Kier molecular flexibility index (Phi) is 9.96. The predicted octanol–water partition coefficient (Wildman–Crippen LogP) is -1.99. The van der Waals surface area contributed by atoms with Crippen LogP contribution in [0.15, 0.2) is 28.4 Å². The first kappa shape index (κ1) is 33.0. The molecule has 0 radical (unpaired) electrons. The highest BCUT2D eigenvalue weighted by Crippen LogP contribution is 2.49. The van der Waals surface area contributed by atoms with Crippen LogP contribution in [-0.2, 0) is 32.2 Å². The number of aliphatic hydroxyl groups is 2. The number of nitrogen functional groups attached to an aromatic ring is 2. The lowest BCUT2D eigenvalue weighted by Crippen LogP contribution is -2.42. The number of hydrogen-bond acceptors (Lipinski definition) is 17. The van der Waals surface area contributed by atoms with Gasteiger partial charge in [-0.15, -0.1) is 0 Å². The molecule has 4 heterocycles. The zero-order valence-corrected chi connectivity index (χ0v) is 24.1. The zero-order chi connectivity index (χ0) is 31.7. The normalized spacial score (nSPS) is 28.9. The number of likely N-dealkylation sites (N-methyl/N-ethyl adjacent to an activating group) is 1.